The van der Waals surface area contributed by atoms with Crippen LogP contribution in [0.3, 0.4) is 0 Å². The van der Waals surface area contributed by atoms with Gasteiger partial charge in [0.2, 0.25) is 27.6 Å². The summed E-state index contributed by atoms with van der Waals surface area (Å²) in [4.78, 5) is 17.4. The molecule has 1 atom stereocenters. The van der Waals surface area contributed by atoms with Crippen LogP contribution in [0.5, 0.6) is 0 Å². The summed E-state index contributed by atoms with van der Waals surface area (Å²) in [5, 5.41) is 7.10. The third kappa shape index (κ3) is 5.04. The average molecular weight is 461 g/mol. The van der Waals surface area contributed by atoms with E-state index in [1.807, 2.05) is 0 Å². The summed E-state index contributed by atoms with van der Waals surface area (Å²) in [7, 11) is -3.75. The molecule has 2 aromatic rings. The topological polar surface area (TPSA) is 105 Å². The molecule has 2 fully saturated rings. The number of amides is 1. The van der Waals surface area contributed by atoms with Gasteiger partial charge < -0.3 is 9.84 Å². The highest BCUT2D eigenvalue weighted by molar-refractivity contribution is 7.89. The van der Waals surface area contributed by atoms with Crippen molar-refractivity contribution < 1.29 is 17.7 Å². The monoisotopic (exact) mass is 460 g/mol. The molecule has 1 amide bonds. The van der Waals surface area contributed by atoms with Gasteiger partial charge in [-0.3, -0.25) is 4.79 Å². The van der Waals surface area contributed by atoms with Crippen molar-refractivity contribution in [1.82, 2.24) is 19.8 Å². The van der Waals surface area contributed by atoms with E-state index >= 15 is 0 Å². The van der Waals surface area contributed by atoms with Gasteiger partial charge in [-0.1, -0.05) is 43.0 Å². The highest BCUT2D eigenvalue weighted by Gasteiger charge is 2.35. The maximum atomic E-state index is 13.5. The van der Waals surface area contributed by atoms with Crippen LogP contribution in [0.25, 0.3) is 11.4 Å². The number of aromatic nitrogens is 2. The highest BCUT2D eigenvalue weighted by atomic mass is 32.2. The maximum Gasteiger partial charge on any atom is 0.243 e. The Labute approximate surface area is 189 Å². The van der Waals surface area contributed by atoms with Gasteiger partial charge in [-0.2, -0.15) is 9.29 Å². The van der Waals surface area contributed by atoms with E-state index in [1.54, 1.807) is 32.0 Å². The van der Waals surface area contributed by atoms with Gasteiger partial charge in [0.05, 0.1) is 10.8 Å². The average Bonchev–Trinajstić information content (AvgIpc) is 3.05. The second-order valence-corrected chi connectivity index (χ2v) is 10.9. The Hall–Kier alpha value is -2.26. The number of nitrogens with one attached hydrogen (secondary N) is 1. The minimum Gasteiger partial charge on any atom is -0.353 e. The van der Waals surface area contributed by atoms with Gasteiger partial charge in [0.1, 0.15) is 0 Å². The summed E-state index contributed by atoms with van der Waals surface area (Å²) < 4.78 is 33.6. The first-order chi connectivity index (χ1) is 15.3. The van der Waals surface area contributed by atoms with Gasteiger partial charge in [-0.05, 0) is 44.2 Å². The summed E-state index contributed by atoms with van der Waals surface area (Å²) in [5.41, 5.74) is 1.24. The molecule has 1 unspecified atom stereocenters. The van der Waals surface area contributed by atoms with Crippen molar-refractivity contribution in [2.45, 2.75) is 76.2 Å². The molecule has 0 spiro atoms. The lowest BCUT2D eigenvalue weighted by Gasteiger charge is -2.32. The molecule has 1 saturated carbocycles. The molecule has 2 aliphatic rings. The lowest BCUT2D eigenvalue weighted by atomic mass is 9.97. The molecular weight excluding hydrogens is 428 g/mol. The molecule has 1 saturated heterocycles. The van der Waals surface area contributed by atoms with Crippen LogP contribution in [0.15, 0.2) is 27.6 Å². The van der Waals surface area contributed by atoms with Crippen molar-refractivity contribution >= 4 is 15.9 Å². The van der Waals surface area contributed by atoms with Crippen LogP contribution < -0.4 is 5.32 Å². The van der Waals surface area contributed by atoms with Gasteiger partial charge >= 0.3 is 0 Å². The van der Waals surface area contributed by atoms with Gasteiger partial charge in [0.15, 0.2) is 0 Å². The Balaban J connectivity index is 1.50. The quantitative estimate of drug-likeness (QED) is 0.684. The number of benzene rings is 1. The zero-order valence-corrected chi connectivity index (χ0v) is 19.7. The number of aryl methyl sites for hydroxylation is 2. The van der Waals surface area contributed by atoms with E-state index in [0.29, 0.717) is 42.2 Å². The molecule has 4 rings (SSSR count). The Morgan fingerprint density at radius 3 is 2.53 bits per heavy atom. The first-order valence-electron chi connectivity index (χ1n) is 11.6. The van der Waals surface area contributed by atoms with Crippen LogP contribution in [0.1, 0.15) is 62.8 Å². The Bertz CT molecular complexity index is 1060. The summed E-state index contributed by atoms with van der Waals surface area (Å²) in [5.74, 6) is 0.455. The fraction of sp³-hybridized carbons (Fsp3) is 0.609. The molecule has 1 aliphatic heterocycles. The highest BCUT2D eigenvalue weighted by Crippen LogP contribution is 2.29. The van der Waals surface area contributed by atoms with Crippen molar-refractivity contribution in [1.29, 1.82) is 0 Å². The van der Waals surface area contributed by atoms with Crippen LogP contribution in [-0.4, -0.2) is 47.9 Å². The lowest BCUT2D eigenvalue weighted by Crippen LogP contribution is -2.47. The minimum absolute atomic E-state index is 0.00968. The second kappa shape index (κ2) is 9.70. The predicted molar refractivity (Wildman–Crippen MR) is 120 cm³/mol. The summed E-state index contributed by atoms with van der Waals surface area (Å²) in [6, 6.07) is 5.37. The van der Waals surface area contributed by atoms with Crippen LogP contribution in [0, 0.1) is 19.8 Å². The van der Waals surface area contributed by atoms with Gasteiger partial charge in [-0.15, -0.1) is 0 Å². The minimum atomic E-state index is -3.75. The van der Waals surface area contributed by atoms with Crippen molar-refractivity contribution in [3.8, 4) is 11.4 Å². The second-order valence-electron chi connectivity index (χ2n) is 9.02. The zero-order chi connectivity index (χ0) is 22.7. The van der Waals surface area contributed by atoms with E-state index < -0.39 is 10.0 Å². The molecule has 0 bridgehead atoms. The Kier molecular flexibility index (Phi) is 6.95. The molecule has 32 heavy (non-hydrogen) atoms. The largest absolute Gasteiger partial charge is 0.353 e. The van der Waals surface area contributed by atoms with E-state index in [2.05, 4.69) is 15.5 Å². The molecular formula is C23H32N4O4S. The smallest absolute Gasteiger partial charge is 0.243 e. The van der Waals surface area contributed by atoms with Crippen molar-refractivity contribution in [3.05, 3.63) is 29.7 Å². The molecule has 1 aromatic carbocycles. The fourth-order valence-electron chi connectivity index (χ4n) is 4.69. The fourth-order valence-corrected chi connectivity index (χ4v) is 6.46. The van der Waals surface area contributed by atoms with E-state index in [9.17, 15) is 13.2 Å². The predicted octanol–water partition coefficient (Wildman–Crippen LogP) is 3.59. The molecule has 174 valence electrons. The van der Waals surface area contributed by atoms with Crippen LogP contribution in [-0.2, 0) is 14.8 Å². The number of piperidine rings is 1. The number of hydrogen-bond acceptors (Lipinski definition) is 6. The van der Waals surface area contributed by atoms with E-state index in [-0.39, 0.29) is 29.3 Å². The third-order valence-corrected chi connectivity index (χ3v) is 8.56. The summed E-state index contributed by atoms with van der Waals surface area (Å²) in [6.07, 6.45) is 8.16. The lowest BCUT2D eigenvalue weighted by molar-refractivity contribution is -0.126. The van der Waals surface area contributed by atoms with Gasteiger partial charge in [0, 0.05) is 31.6 Å². The molecule has 1 aliphatic carbocycles. The number of carbonyl (C=O) groups is 1. The van der Waals surface area contributed by atoms with Crippen LogP contribution in [0.2, 0.25) is 0 Å². The van der Waals surface area contributed by atoms with Crippen LogP contribution in [0.4, 0.5) is 0 Å². The number of sulfonamides is 1. The van der Waals surface area contributed by atoms with E-state index in [4.69, 9.17) is 4.52 Å². The Morgan fingerprint density at radius 1 is 1.09 bits per heavy atom. The number of rotatable bonds is 5. The number of hydrogen-bond donors (Lipinski definition) is 1. The van der Waals surface area contributed by atoms with Crippen molar-refractivity contribution in [2.24, 2.45) is 5.92 Å². The molecule has 8 nitrogen and oxygen atoms in total. The van der Waals surface area contributed by atoms with Crippen LogP contribution >= 0.6 is 0 Å². The Morgan fingerprint density at radius 2 is 1.84 bits per heavy atom. The molecule has 2 heterocycles. The maximum absolute atomic E-state index is 13.5. The zero-order valence-electron chi connectivity index (χ0n) is 18.8. The summed E-state index contributed by atoms with van der Waals surface area (Å²) in [6.45, 7) is 4.10. The van der Waals surface area contributed by atoms with Crippen molar-refractivity contribution in [3.63, 3.8) is 0 Å². The normalized spacial score (nSPS) is 21.2. The molecule has 0 radical (unpaired) electrons. The van der Waals surface area contributed by atoms with Crippen molar-refractivity contribution in [2.75, 3.05) is 13.1 Å². The molecule has 9 heteroatoms. The number of nitrogens with zero attached hydrogens (tertiary/aromatic N) is 3. The van der Waals surface area contributed by atoms with E-state index in [1.165, 1.54) is 17.1 Å². The molecule has 1 aromatic heterocycles. The number of carbonyl (C=O) groups excluding carboxylic acids is 1. The SMILES string of the molecule is Cc1nc(-c2ccc(C)c(S(=O)(=O)N3CCCC(C(=O)NC4CCCCCC4)C3)c2)no1. The summed E-state index contributed by atoms with van der Waals surface area (Å²) >= 11 is 0. The third-order valence-electron chi connectivity index (χ3n) is 6.55. The standard InChI is InChI=1S/C23H32N4O4S/c1-16-11-12-18(22-24-17(2)31-26-22)14-21(16)32(29,30)27-13-7-8-19(15-27)23(28)25-20-9-5-3-4-6-10-20/h11-12,14,19-20H,3-10,13,15H2,1-2H3,(H,25,28). The first kappa shape index (κ1) is 22.9. The van der Waals surface area contributed by atoms with Gasteiger partial charge in [-0.25, -0.2) is 8.42 Å². The van der Waals surface area contributed by atoms with Gasteiger partial charge in [0.25, 0.3) is 0 Å². The molecule has 1 N–H and O–H groups in total. The first-order valence-corrected chi connectivity index (χ1v) is 13.0. The van der Waals surface area contributed by atoms with E-state index in [0.717, 1.165) is 25.7 Å².